The predicted molar refractivity (Wildman–Crippen MR) is 156 cm³/mol. The molecular formula is C30H39N5O8. The number of hydrogen-bond acceptors (Lipinski definition) is 8. The molecule has 13 heteroatoms. The molecular weight excluding hydrogens is 558 g/mol. The van der Waals surface area contributed by atoms with E-state index in [-0.39, 0.29) is 51.8 Å². The normalized spacial score (nSPS) is 10.3. The summed E-state index contributed by atoms with van der Waals surface area (Å²) in [6.07, 6.45) is -0.772. The summed E-state index contributed by atoms with van der Waals surface area (Å²) in [5.74, 6) is -2.84. The number of ether oxygens (including phenoxy) is 2. The van der Waals surface area contributed by atoms with Crippen molar-refractivity contribution in [2.45, 2.75) is 27.0 Å². The second-order valence-corrected chi connectivity index (χ2v) is 9.95. The van der Waals surface area contributed by atoms with Gasteiger partial charge < -0.3 is 35.2 Å². The quantitative estimate of drug-likeness (QED) is 0.240. The molecule has 0 aliphatic heterocycles. The van der Waals surface area contributed by atoms with Crippen LogP contribution < -0.4 is 16.0 Å². The Bertz CT molecular complexity index is 1220. The lowest BCUT2D eigenvalue weighted by atomic mass is 10.2. The van der Waals surface area contributed by atoms with E-state index in [4.69, 9.17) is 4.74 Å². The highest BCUT2D eigenvalue weighted by atomic mass is 16.5. The maximum atomic E-state index is 13.0. The van der Waals surface area contributed by atoms with Gasteiger partial charge in [0, 0.05) is 13.1 Å². The summed E-state index contributed by atoms with van der Waals surface area (Å²) >= 11 is 0. The smallest absolute Gasteiger partial charge is 0.407 e. The van der Waals surface area contributed by atoms with Gasteiger partial charge in [-0.2, -0.15) is 0 Å². The van der Waals surface area contributed by atoms with Gasteiger partial charge in [-0.15, -0.1) is 0 Å². The van der Waals surface area contributed by atoms with Gasteiger partial charge in [-0.25, -0.2) is 4.79 Å². The molecule has 2 aromatic carbocycles. The third-order valence-corrected chi connectivity index (χ3v) is 5.87. The fraction of sp³-hybridized carbons (Fsp3) is 0.400. The minimum absolute atomic E-state index is 0.0216. The van der Waals surface area contributed by atoms with Crippen molar-refractivity contribution in [1.82, 2.24) is 25.8 Å². The second kappa shape index (κ2) is 18.5. The Balaban J connectivity index is 1.91. The summed E-state index contributed by atoms with van der Waals surface area (Å²) in [6.45, 7) is 2.26. The van der Waals surface area contributed by atoms with Crippen LogP contribution in [0.4, 0.5) is 4.79 Å². The van der Waals surface area contributed by atoms with E-state index >= 15 is 0 Å². The van der Waals surface area contributed by atoms with Crippen molar-refractivity contribution in [3.63, 3.8) is 0 Å². The molecule has 13 nitrogen and oxygen atoms in total. The number of hydrogen-bond donors (Lipinski definition) is 3. The first kappa shape index (κ1) is 34.3. The van der Waals surface area contributed by atoms with Crippen LogP contribution in [0, 0.1) is 5.92 Å². The van der Waals surface area contributed by atoms with Crippen molar-refractivity contribution in [2.75, 3.05) is 46.4 Å². The first-order valence-corrected chi connectivity index (χ1v) is 13.7. The molecule has 43 heavy (non-hydrogen) atoms. The fourth-order valence-electron chi connectivity index (χ4n) is 3.75. The number of benzene rings is 2. The van der Waals surface area contributed by atoms with Crippen LogP contribution in [0.25, 0.3) is 0 Å². The Morgan fingerprint density at radius 3 is 1.79 bits per heavy atom. The van der Waals surface area contributed by atoms with E-state index in [2.05, 4.69) is 20.7 Å². The van der Waals surface area contributed by atoms with Gasteiger partial charge in [-0.05, 0) is 17.0 Å². The summed E-state index contributed by atoms with van der Waals surface area (Å²) in [6, 6.07) is 18.0. The third-order valence-electron chi connectivity index (χ3n) is 5.87. The zero-order chi connectivity index (χ0) is 31.6. The number of alkyl carbamates (subject to hydrolysis) is 1. The van der Waals surface area contributed by atoms with Gasteiger partial charge >= 0.3 is 12.1 Å². The Morgan fingerprint density at radius 1 is 0.698 bits per heavy atom. The summed E-state index contributed by atoms with van der Waals surface area (Å²) in [5, 5.41) is 7.28. The molecule has 0 aliphatic rings. The number of esters is 1. The summed E-state index contributed by atoms with van der Waals surface area (Å²) in [4.78, 5) is 76.9. The maximum absolute atomic E-state index is 13.0. The van der Waals surface area contributed by atoms with Crippen LogP contribution in [-0.4, -0.2) is 91.9 Å². The highest BCUT2D eigenvalue weighted by molar-refractivity contribution is 5.91. The molecule has 0 spiro atoms. The van der Waals surface area contributed by atoms with Crippen molar-refractivity contribution < 1.29 is 38.2 Å². The highest BCUT2D eigenvalue weighted by Crippen LogP contribution is 2.05. The van der Waals surface area contributed by atoms with Gasteiger partial charge in [0.05, 0.1) is 26.7 Å². The number of nitrogens with one attached hydrogen (secondary N) is 3. The molecule has 0 aromatic heterocycles. The highest BCUT2D eigenvalue weighted by Gasteiger charge is 2.22. The first-order chi connectivity index (χ1) is 20.6. The zero-order valence-electron chi connectivity index (χ0n) is 24.7. The van der Waals surface area contributed by atoms with Gasteiger partial charge in [-0.1, -0.05) is 74.5 Å². The Kier molecular flexibility index (Phi) is 14.7. The molecule has 0 saturated heterocycles. The van der Waals surface area contributed by atoms with E-state index < -0.39 is 42.2 Å². The van der Waals surface area contributed by atoms with Crippen LogP contribution in [0.2, 0.25) is 0 Å². The van der Waals surface area contributed by atoms with Crippen molar-refractivity contribution in [2.24, 2.45) is 5.92 Å². The molecule has 0 aliphatic carbocycles. The number of carbonyl (C=O) groups excluding carboxylic acids is 6. The predicted octanol–water partition coefficient (Wildman–Crippen LogP) is 0.832. The average Bonchev–Trinajstić information content (AvgIpc) is 3.00. The minimum atomic E-state index is -0.772. The van der Waals surface area contributed by atoms with Gasteiger partial charge in [0.1, 0.15) is 19.7 Å². The maximum Gasteiger partial charge on any atom is 0.407 e. The number of amides is 5. The van der Waals surface area contributed by atoms with E-state index in [0.29, 0.717) is 0 Å². The molecule has 3 N–H and O–H groups in total. The second-order valence-electron chi connectivity index (χ2n) is 9.95. The van der Waals surface area contributed by atoms with Crippen molar-refractivity contribution in [3.8, 4) is 0 Å². The topological polar surface area (TPSA) is 163 Å². The molecule has 2 rings (SSSR count). The molecule has 2 aromatic rings. The molecule has 0 saturated carbocycles. The van der Waals surface area contributed by atoms with Gasteiger partial charge in [-0.3, -0.25) is 24.0 Å². The summed E-state index contributed by atoms with van der Waals surface area (Å²) < 4.78 is 9.62. The molecule has 0 bridgehead atoms. The van der Waals surface area contributed by atoms with Crippen LogP contribution in [0.5, 0.6) is 0 Å². The third kappa shape index (κ3) is 14.0. The molecule has 0 atom stereocenters. The summed E-state index contributed by atoms with van der Waals surface area (Å²) in [7, 11) is 1.19. The van der Waals surface area contributed by atoms with Crippen molar-refractivity contribution in [1.29, 1.82) is 0 Å². The lowest BCUT2D eigenvalue weighted by Gasteiger charge is -2.25. The largest absolute Gasteiger partial charge is 0.468 e. The summed E-state index contributed by atoms with van der Waals surface area (Å²) in [5.41, 5.74) is 1.55. The van der Waals surface area contributed by atoms with Crippen molar-refractivity contribution >= 4 is 35.7 Å². The van der Waals surface area contributed by atoms with E-state index in [9.17, 15) is 28.8 Å². The number of nitrogens with zero attached hydrogens (tertiary/aromatic N) is 2. The Morgan fingerprint density at radius 2 is 1.21 bits per heavy atom. The van der Waals surface area contributed by atoms with Crippen LogP contribution in [0.3, 0.4) is 0 Å². The van der Waals surface area contributed by atoms with E-state index in [0.717, 1.165) is 11.1 Å². The monoisotopic (exact) mass is 597 g/mol. The van der Waals surface area contributed by atoms with Gasteiger partial charge in [0.2, 0.25) is 23.6 Å². The lowest BCUT2D eigenvalue weighted by molar-refractivity contribution is -0.142. The van der Waals surface area contributed by atoms with Crippen LogP contribution in [0.15, 0.2) is 60.7 Å². The van der Waals surface area contributed by atoms with Crippen LogP contribution in [0.1, 0.15) is 25.0 Å². The minimum Gasteiger partial charge on any atom is -0.468 e. The molecule has 0 unspecified atom stereocenters. The molecule has 5 amide bonds. The molecule has 0 radical (unpaired) electrons. The SMILES string of the molecule is COC(=O)CNC(=O)CN(Cc1ccccc1)C(=O)CNC(=O)CN(CC(C)C)C(=O)CNC(=O)OCc1ccccc1. The van der Waals surface area contributed by atoms with Gasteiger partial charge in [0.25, 0.3) is 0 Å². The van der Waals surface area contributed by atoms with E-state index in [1.807, 2.05) is 38.1 Å². The van der Waals surface area contributed by atoms with Gasteiger partial charge in [0.15, 0.2) is 0 Å². The number of methoxy groups -OCH3 is 1. The first-order valence-electron chi connectivity index (χ1n) is 13.7. The molecule has 0 fully saturated rings. The fourth-order valence-corrected chi connectivity index (χ4v) is 3.75. The Labute approximate surface area is 250 Å². The van der Waals surface area contributed by atoms with E-state index in [1.54, 1.807) is 36.4 Å². The average molecular weight is 598 g/mol. The van der Waals surface area contributed by atoms with Crippen LogP contribution in [-0.2, 0) is 46.6 Å². The standard InChI is InChI=1S/C30H39N5O8/c1-22(2)17-34(28(39)15-33-30(41)43-21-24-12-8-5-9-13-24)19-25(36)31-14-27(38)35(18-23-10-6-4-7-11-23)20-26(37)32-16-29(40)42-3/h4-13,22H,14-21H2,1-3H3,(H,31,36)(H,32,37)(H,33,41). The number of carbonyl (C=O) groups is 6. The lowest BCUT2D eigenvalue weighted by Crippen LogP contribution is -2.49. The molecule has 0 heterocycles. The molecule has 232 valence electrons. The van der Waals surface area contributed by atoms with Crippen molar-refractivity contribution in [3.05, 3.63) is 71.8 Å². The van der Waals surface area contributed by atoms with Crippen LogP contribution >= 0.6 is 0 Å². The number of rotatable bonds is 16. The zero-order valence-corrected chi connectivity index (χ0v) is 24.7. The van der Waals surface area contributed by atoms with E-state index in [1.165, 1.54) is 16.9 Å². The Hall–Kier alpha value is -4.94.